The molecule has 1 aliphatic heterocycles. The summed E-state index contributed by atoms with van der Waals surface area (Å²) in [4.78, 5) is 14.7. The summed E-state index contributed by atoms with van der Waals surface area (Å²) >= 11 is 0. The molecule has 1 atom stereocenters. The number of hydrogen-bond acceptors (Lipinski definition) is 3. The van der Waals surface area contributed by atoms with Crippen molar-refractivity contribution in [1.82, 2.24) is 10.2 Å². The van der Waals surface area contributed by atoms with Crippen molar-refractivity contribution in [3.05, 3.63) is 29.8 Å². The number of nitrogens with zero attached hydrogens (tertiary/aromatic N) is 1. The van der Waals surface area contributed by atoms with Crippen LogP contribution >= 0.6 is 0 Å². The number of aryl methyl sites for hydroxylation is 1. The van der Waals surface area contributed by atoms with Gasteiger partial charge in [0.25, 0.3) is 5.91 Å². The lowest BCUT2D eigenvalue weighted by Gasteiger charge is -2.30. The zero-order valence-electron chi connectivity index (χ0n) is 13.3. The minimum Gasteiger partial charge on any atom is -0.480 e. The molecule has 1 fully saturated rings. The van der Waals surface area contributed by atoms with E-state index in [1.54, 1.807) is 0 Å². The van der Waals surface area contributed by atoms with Crippen molar-refractivity contribution in [3.63, 3.8) is 0 Å². The molecular formula is C17H26N2O2. The number of piperidine rings is 1. The number of benzene rings is 1. The molecule has 0 aromatic heterocycles. The Morgan fingerprint density at radius 2 is 2.05 bits per heavy atom. The molecule has 0 bridgehead atoms. The molecule has 1 N–H and O–H groups in total. The fraction of sp³-hybridized carbons (Fsp3) is 0.588. The fourth-order valence-corrected chi connectivity index (χ4v) is 2.61. The number of para-hydroxylation sites is 1. The van der Waals surface area contributed by atoms with E-state index in [-0.39, 0.29) is 11.9 Å². The Kier molecular flexibility index (Phi) is 5.62. The van der Waals surface area contributed by atoms with Crippen LogP contribution < -0.4 is 10.1 Å². The maximum absolute atomic E-state index is 12.4. The third kappa shape index (κ3) is 4.46. The molecule has 116 valence electrons. The number of hydrogen-bond donors (Lipinski definition) is 1. The van der Waals surface area contributed by atoms with Crippen molar-refractivity contribution in [2.24, 2.45) is 0 Å². The van der Waals surface area contributed by atoms with E-state index >= 15 is 0 Å². The van der Waals surface area contributed by atoms with Crippen LogP contribution in [-0.4, -0.2) is 43.1 Å². The number of carbonyl (C=O) groups is 1. The summed E-state index contributed by atoms with van der Waals surface area (Å²) in [5, 5.41) is 3.14. The third-order valence-corrected chi connectivity index (χ3v) is 4.09. The normalized spacial score (nSPS) is 18.2. The fourth-order valence-electron chi connectivity index (χ4n) is 2.61. The Balaban J connectivity index is 1.91. The maximum atomic E-state index is 12.4. The van der Waals surface area contributed by atoms with Crippen molar-refractivity contribution in [2.45, 2.75) is 45.3 Å². The van der Waals surface area contributed by atoms with Gasteiger partial charge >= 0.3 is 0 Å². The summed E-state index contributed by atoms with van der Waals surface area (Å²) in [6, 6.07) is 8.10. The molecule has 1 unspecified atom stereocenters. The van der Waals surface area contributed by atoms with E-state index < -0.39 is 6.10 Å². The lowest BCUT2D eigenvalue weighted by atomic mass is 10.1. The molecule has 0 aliphatic carbocycles. The third-order valence-electron chi connectivity index (χ3n) is 4.09. The second-order valence-electron chi connectivity index (χ2n) is 5.87. The predicted octanol–water partition coefficient (Wildman–Crippen LogP) is 2.36. The van der Waals surface area contributed by atoms with Crippen LogP contribution in [0.15, 0.2) is 24.3 Å². The molecule has 1 aromatic rings. The molecule has 0 saturated carbocycles. The molecule has 2 rings (SSSR count). The van der Waals surface area contributed by atoms with Crippen molar-refractivity contribution in [1.29, 1.82) is 0 Å². The van der Waals surface area contributed by atoms with Gasteiger partial charge in [0.1, 0.15) is 5.75 Å². The Hall–Kier alpha value is -1.55. The summed E-state index contributed by atoms with van der Waals surface area (Å²) in [5.41, 5.74) is 1.06. The zero-order chi connectivity index (χ0) is 15.2. The average Bonchev–Trinajstić information content (AvgIpc) is 2.48. The van der Waals surface area contributed by atoms with Crippen LogP contribution in [0.5, 0.6) is 5.75 Å². The second kappa shape index (κ2) is 7.46. The average molecular weight is 290 g/mol. The van der Waals surface area contributed by atoms with E-state index in [1.165, 1.54) is 0 Å². The molecule has 1 saturated heterocycles. The van der Waals surface area contributed by atoms with Crippen LogP contribution in [0.25, 0.3) is 0 Å². The Labute approximate surface area is 127 Å². The lowest BCUT2D eigenvalue weighted by molar-refractivity contribution is -0.129. The SMILES string of the molecule is CCC(Oc1ccccc1C)C(=O)NC1CCN(C)CC1. The number of ether oxygens (including phenoxy) is 1. The zero-order valence-corrected chi connectivity index (χ0v) is 13.3. The van der Waals surface area contributed by atoms with Gasteiger partial charge < -0.3 is 15.0 Å². The highest BCUT2D eigenvalue weighted by Crippen LogP contribution is 2.19. The molecule has 1 aromatic carbocycles. The Morgan fingerprint density at radius 3 is 2.67 bits per heavy atom. The number of likely N-dealkylation sites (tertiary alicyclic amines) is 1. The monoisotopic (exact) mass is 290 g/mol. The van der Waals surface area contributed by atoms with Crippen LogP contribution in [0.1, 0.15) is 31.7 Å². The van der Waals surface area contributed by atoms with Crippen LogP contribution in [0.2, 0.25) is 0 Å². The van der Waals surface area contributed by atoms with Gasteiger partial charge in [-0.15, -0.1) is 0 Å². The van der Waals surface area contributed by atoms with Crippen LogP contribution in [0, 0.1) is 6.92 Å². The van der Waals surface area contributed by atoms with Gasteiger partial charge in [0.2, 0.25) is 0 Å². The van der Waals surface area contributed by atoms with E-state index in [1.807, 2.05) is 38.1 Å². The molecule has 4 nitrogen and oxygen atoms in total. The van der Waals surface area contributed by atoms with Gasteiger partial charge in [-0.1, -0.05) is 25.1 Å². The van der Waals surface area contributed by atoms with E-state index in [0.29, 0.717) is 6.42 Å². The van der Waals surface area contributed by atoms with Crippen LogP contribution in [0.4, 0.5) is 0 Å². The highest BCUT2D eigenvalue weighted by molar-refractivity contribution is 5.81. The van der Waals surface area contributed by atoms with Gasteiger partial charge in [-0.05, 0) is 58.0 Å². The summed E-state index contributed by atoms with van der Waals surface area (Å²) in [5.74, 6) is 0.804. The van der Waals surface area contributed by atoms with Crippen molar-refractivity contribution in [3.8, 4) is 5.75 Å². The van der Waals surface area contributed by atoms with E-state index in [4.69, 9.17) is 4.74 Å². The van der Waals surface area contributed by atoms with Gasteiger partial charge in [0.15, 0.2) is 6.10 Å². The lowest BCUT2D eigenvalue weighted by Crippen LogP contribution is -2.47. The first-order valence-electron chi connectivity index (χ1n) is 7.81. The van der Waals surface area contributed by atoms with Gasteiger partial charge in [-0.3, -0.25) is 4.79 Å². The summed E-state index contributed by atoms with van der Waals surface area (Å²) in [6.07, 6.45) is 2.30. The number of rotatable bonds is 5. The van der Waals surface area contributed by atoms with E-state index in [9.17, 15) is 4.79 Å². The smallest absolute Gasteiger partial charge is 0.261 e. The predicted molar refractivity (Wildman–Crippen MR) is 84.5 cm³/mol. The van der Waals surface area contributed by atoms with Gasteiger partial charge in [-0.25, -0.2) is 0 Å². The molecule has 1 heterocycles. The molecule has 1 aliphatic rings. The largest absolute Gasteiger partial charge is 0.480 e. The molecule has 0 radical (unpaired) electrons. The van der Waals surface area contributed by atoms with Crippen LogP contribution in [0.3, 0.4) is 0 Å². The van der Waals surface area contributed by atoms with E-state index in [2.05, 4.69) is 17.3 Å². The molecule has 4 heteroatoms. The van der Waals surface area contributed by atoms with Gasteiger partial charge in [0.05, 0.1) is 0 Å². The highest BCUT2D eigenvalue weighted by Gasteiger charge is 2.24. The first-order chi connectivity index (χ1) is 10.1. The summed E-state index contributed by atoms with van der Waals surface area (Å²) < 4.78 is 5.90. The molecule has 21 heavy (non-hydrogen) atoms. The Bertz CT molecular complexity index is 468. The Morgan fingerprint density at radius 1 is 1.38 bits per heavy atom. The van der Waals surface area contributed by atoms with Gasteiger partial charge in [-0.2, -0.15) is 0 Å². The number of nitrogens with one attached hydrogen (secondary N) is 1. The van der Waals surface area contributed by atoms with Crippen molar-refractivity contribution >= 4 is 5.91 Å². The summed E-state index contributed by atoms with van der Waals surface area (Å²) in [7, 11) is 2.12. The molecule has 1 amide bonds. The quantitative estimate of drug-likeness (QED) is 0.905. The van der Waals surface area contributed by atoms with Crippen molar-refractivity contribution < 1.29 is 9.53 Å². The standard InChI is InChI=1S/C17H26N2O2/c1-4-15(21-16-8-6-5-7-13(16)2)17(20)18-14-9-11-19(3)12-10-14/h5-8,14-15H,4,9-12H2,1-3H3,(H,18,20). The highest BCUT2D eigenvalue weighted by atomic mass is 16.5. The minimum atomic E-state index is -0.411. The number of amides is 1. The first-order valence-corrected chi connectivity index (χ1v) is 7.81. The molecular weight excluding hydrogens is 264 g/mol. The first kappa shape index (κ1) is 15.8. The van der Waals surface area contributed by atoms with E-state index in [0.717, 1.165) is 37.2 Å². The summed E-state index contributed by atoms with van der Waals surface area (Å²) in [6.45, 7) is 6.06. The topological polar surface area (TPSA) is 41.6 Å². The van der Waals surface area contributed by atoms with Crippen LogP contribution in [-0.2, 0) is 4.79 Å². The maximum Gasteiger partial charge on any atom is 0.261 e. The molecule has 0 spiro atoms. The second-order valence-corrected chi connectivity index (χ2v) is 5.87. The minimum absolute atomic E-state index is 0.00954. The van der Waals surface area contributed by atoms with Crippen molar-refractivity contribution in [2.75, 3.05) is 20.1 Å². The number of carbonyl (C=O) groups excluding carboxylic acids is 1. The van der Waals surface area contributed by atoms with Gasteiger partial charge in [0, 0.05) is 6.04 Å².